The predicted octanol–water partition coefficient (Wildman–Crippen LogP) is 3.76. The third-order valence-electron chi connectivity index (χ3n) is 4.16. The van der Waals surface area contributed by atoms with Crippen LogP contribution in [0.15, 0.2) is 28.8 Å². The van der Waals surface area contributed by atoms with Gasteiger partial charge in [0.25, 0.3) is 5.91 Å². The highest BCUT2D eigenvalue weighted by Crippen LogP contribution is 2.33. The number of hydrogen-bond donors (Lipinski definition) is 0. The Kier molecular flexibility index (Phi) is 7.24. The van der Waals surface area contributed by atoms with Crippen molar-refractivity contribution in [3.63, 3.8) is 0 Å². The summed E-state index contributed by atoms with van der Waals surface area (Å²) in [4.78, 5) is 14.5. The van der Waals surface area contributed by atoms with Crippen molar-refractivity contribution >= 4 is 5.91 Å². The first-order valence-electron chi connectivity index (χ1n) is 8.85. The smallest absolute Gasteiger partial charge is 0.276 e. The Bertz CT molecular complexity index is 808. The topological polar surface area (TPSA) is 88.6 Å². The van der Waals surface area contributed by atoms with Crippen LogP contribution in [0, 0.1) is 17.2 Å². The molecule has 0 atom stereocenters. The molecule has 2 aromatic rings. The Morgan fingerprint density at radius 2 is 2.04 bits per heavy atom. The van der Waals surface area contributed by atoms with E-state index >= 15 is 0 Å². The Morgan fingerprint density at radius 3 is 2.67 bits per heavy atom. The lowest BCUT2D eigenvalue weighted by atomic mass is 10.1. The average Bonchev–Trinajstić information content (AvgIpc) is 3.17. The van der Waals surface area contributed by atoms with Gasteiger partial charge in [-0.25, -0.2) is 0 Å². The zero-order chi connectivity index (χ0) is 19.8. The molecule has 0 radical (unpaired) electrons. The third-order valence-corrected chi connectivity index (χ3v) is 4.16. The van der Waals surface area contributed by atoms with Gasteiger partial charge in [0.05, 0.1) is 32.3 Å². The molecular formula is C20H25N3O4. The van der Waals surface area contributed by atoms with Crippen LogP contribution in [-0.4, -0.2) is 43.3 Å². The molecule has 1 amide bonds. The maximum absolute atomic E-state index is 12.8. The van der Waals surface area contributed by atoms with Crippen molar-refractivity contribution < 1.29 is 18.8 Å². The van der Waals surface area contributed by atoms with Gasteiger partial charge in [0.15, 0.2) is 11.5 Å². The molecular weight excluding hydrogens is 346 g/mol. The molecule has 0 aliphatic heterocycles. The molecule has 144 valence electrons. The van der Waals surface area contributed by atoms with Gasteiger partial charge in [-0.2, -0.15) is 5.26 Å². The fraction of sp³-hybridized carbons (Fsp3) is 0.450. The summed E-state index contributed by atoms with van der Waals surface area (Å²) in [6.45, 7) is 5.13. The lowest BCUT2D eigenvalue weighted by Gasteiger charge is -2.21. The summed E-state index contributed by atoms with van der Waals surface area (Å²) in [6, 6.07) is 8.98. The molecule has 0 aliphatic rings. The van der Waals surface area contributed by atoms with Crippen LogP contribution in [0.1, 0.15) is 37.2 Å². The van der Waals surface area contributed by atoms with Gasteiger partial charge in [-0.05, 0) is 30.5 Å². The monoisotopic (exact) mass is 371 g/mol. The van der Waals surface area contributed by atoms with Crippen molar-refractivity contribution in [3.8, 4) is 28.9 Å². The number of benzene rings is 1. The first kappa shape index (κ1) is 20.3. The van der Waals surface area contributed by atoms with E-state index < -0.39 is 0 Å². The van der Waals surface area contributed by atoms with Crippen LogP contribution < -0.4 is 9.47 Å². The van der Waals surface area contributed by atoms with E-state index in [4.69, 9.17) is 19.3 Å². The number of nitriles is 1. The van der Waals surface area contributed by atoms with Gasteiger partial charge < -0.3 is 18.9 Å². The van der Waals surface area contributed by atoms with E-state index in [1.165, 1.54) is 0 Å². The molecule has 0 saturated carbocycles. The van der Waals surface area contributed by atoms with Gasteiger partial charge in [-0.1, -0.05) is 19.0 Å². The quantitative estimate of drug-likeness (QED) is 0.667. The molecule has 0 unspecified atom stereocenters. The number of methoxy groups -OCH3 is 2. The fourth-order valence-corrected chi connectivity index (χ4v) is 2.59. The summed E-state index contributed by atoms with van der Waals surface area (Å²) in [5, 5.41) is 12.8. The number of amides is 1. The molecule has 0 saturated heterocycles. The van der Waals surface area contributed by atoms with Crippen molar-refractivity contribution in [2.45, 2.75) is 26.7 Å². The fourth-order valence-electron chi connectivity index (χ4n) is 2.59. The van der Waals surface area contributed by atoms with Crippen LogP contribution in [-0.2, 0) is 0 Å². The van der Waals surface area contributed by atoms with Crippen LogP contribution in [0.2, 0.25) is 0 Å². The van der Waals surface area contributed by atoms with Gasteiger partial charge in [-0.3, -0.25) is 4.79 Å². The van der Waals surface area contributed by atoms with E-state index in [9.17, 15) is 4.79 Å². The lowest BCUT2D eigenvalue weighted by molar-refractivity contribution is 0.0741. The largest absolute Gasteiger partial charge is 0.497 e. The maximum Gasteiger partial charge on any atom is 0.276 e. The molecule has 0 N–H and O–H groups in total. The van der Waals surface area contributed by atoms with Crippen LogP contribution in [0.4, 0.5) is 0 Å². The van der Waals surface area contributed by atoms with Crippen LogP contribution in [0.3, 0.4) is 0 Å². The lowest BCUT2D eigenvalue weighted by Crippen LogP contribution is -2.33. The van der Waals surface area contributed by atoms with E-state index in [2.05, 4.69) is 25.1 Å². The summed E-state index contributed by atoms with van der Waals surface area (Å²) in [6.07, 6.45) is 1.13. The van der Waals surface area contributed by atoms with Crippen molar-refractivity contribution in [3.05, 3.63) is 30.0 Å². The first-order chi connectivity index (χ1) is 13.0. The van der Waals surface area contributed by atoms with E-state index in [0.717, 1.165) is 6.42 Å². The average molecular weight is 371 g/mol. The van der Waals surface area contributed by atoms with Gasteiger partial charge in [0.1, 0.15) is 11.5 Å². The Morgan fingerprint density at radius 1 is 1.26 bits per heavy atom. The number of carbonyl (C=O) groups is 1. The molecule has 0 aliphatic carbocycles. The second-order valence-corrected chi connectivity index (χ2v) is 6.53. The number of hydrogen-bond acceptors (Lipinski definition) is 6. The standard InChI is InChI=1S/C20H25N3O4/c1-14(2)8-11-23(10-5-9-21)20(24)17-13-19(27-22-17)16-12-15(25-3)6-7-18(16)26-4/h6-7,12-14H,5,8,10-11H2,1-4H3. The molecule has 1 heterocycles. The second kappa shape index (κ2) is 9.62. The normalized spacial score (nSPS) is 10.5. The van der Waals surface area contributed by atoms with Crippen molar-refractivity contribution in [2.24, 2.45) is 5.92 Å². The van der Waals surface area contributed by atoms with E-state index in [1.807, 2.05) is 0 Å². The minimum Gasteiger partial charge on any atom is -0.497 e. The highest BCUT2D eigenvalue weighted by Gasteiger charge is 2.22. The summed E-state index contributed by atoms with van der Waals surface area (Å²) >= 11 is 0. The van der Waals surface area contributed by atoms with E-state index in [-0.39, 0.29) is 18.0 Å². The molecule has 1 aromatic carbocycles. The third kappa shape index (κ3) is 5.23. The van der Waals surface area contributed by atoms with Gasteiger partial charge >= 0.3 is 0 Å². The van der Waals surface area contributed by atoms with Crippen molar-refractivity contribution in [1.82, 2.24) is 10.1 Å². The van der Waals surface area contributed by atoms with Gasteiger partial charge in [0, 0.05) is 19.2 Å². The SMILES string of the molecule is COc1ccc(OC)c(-c2cc(C(=O)N(CCC#N)CCC(C)C)no2)c1. The van der Waals surface area contributed by atoms with Gasteiger partial charge in [-0.15, -0.1) is 0 Å². The minimum atomic E-state index is -0.247. The molecule has 7 heteroatoms. The summed E-state index contributed by atoms with van der Waals surface area (Å²) in [7, 11) is 3.13. The predicted molar refractivity (Wildman–Crippen MR) is 101 cm³/mol. The number of nitrogens with zero attached hydrogens (tertiary/aromatic N) is 3. The number of rotatable bonds is 9. The summed E-state index contributed by atoms with van der Waals surface area (Å²) in [5.74, 6) is 1.85. The maximum atomic E-state index is 12.8. The second-order valence-electron chi connectivity index (χ2n) is 6.53. The summed E-state index contributed by atoms with van der Waals surface area (Å²) < 4.78 is 16.0. The van der Waals surface area contributed by atoms with Crippen LogP contribution in [0.5, 0.6) is 11.5 Å². The zero-order valence-corrected chi connectivity index (χ0v) is 16.2. The number of ether oxygens (including phenoxy) is 2. The molecule has 7 nitrogen and oxygen atoms in total. The number of aromatic nitrogens is 1. The van der Waals surface area contributed by atoms with E-state index in [0.29, 0.717) is 41.8 Å². The van der Waals surface area contributed by atoms with Crippen LogP contribution >= 0.6 is 0 Å². The molecule has 1 aromatic heterocycles. The van der Waals surface area contributed by atoms with Gasteiger partial charge in [0.2, 0.25) is 0 Å². The first-order valence-corrected chi connectivity index (χ1v) is 8.85. The molecule has 0 spiro atoms. The van der Waals surface area contributed by atoms with Crippen molar-refractivity contribution in [1.29, 1.82) is 5.26 Å². The summed E-state index contributed by atoms with van der Waals surface area (Å²) in [5.41, 5.74) is 0.853. The van der Waals surface area contributed by atoms with Crippen LogP contribution in [0.25, 0.3) is 11.3 Å². The Hall–Kier alpha value is -3.01. The molecule has 27 heavy (non-hydrogen) atoms. The minimum absolute atomic E-state index is 0.205. The highest BCUT2D eigenvalue weighted by molar-refractivity contribution is 5.93. The van der Waals surface area contributed by atoms with E-state index in [1.54, 1.807) is 43.4 Å². The number of carbonyl (C=O) groups excluding carboxylic acids is 1. The Labute approximate surface area is 159 Å². The molecule has 2 rings (SSSR count). The molecule has 0 bridgehead atoms. The highest BCUT2D eigenvalue weighted by atomic mass is 16.5. The molecule has 0 fully saturated rings. The van der Waals surface area contributed by atoms with Crippen molar-refractivity contribution in [2.75, 3.05) is 27.3 Å². The zero-order valence-electron chi connectivity index (χ0n) is 16.2. The Balaban J connectivity index is 2.27.